The third-order valence-corrected chi connectivity index (χ3v) is 4.90. The van der Waals surface area contributed by atoms with Gasteiger partial charge in [0, 0.05) is 37.7 Å². The molecule has 1 aromatic carbocycles. The van der Waals surface area contributed by atoms with E-state index in [1.807, 2.05) is 24.3 Å². The summed E-state index contributed by atoms with van der Waals surface area (Å²) >= 11 is 0. The number of aromatic nitrogens is 2. The Morgan fingerprint density at radius 3 is 3.17 bits per heavy atom. The summed E-state index contributed by atoms with van der Waals surface area (Å²) in [7, 11) is 0. The summed E-state index contributed by atoms with van der Waals surface area (Å²) in [5.74, 6) is 0.909. The molecule has 2 aromatic rings. The number of ether oxygens (including phenoxy) is 1. The predicted molar refractivity (Wildman–Crippen MR) is 87.9 cm³/mol. The standard InChI is InChI=1S/C18H23N3O2/c22-11-13-3-1-4-14(9-13)18-19-16-6-7-21(10-17(16)20-18)15-5-2-8-23-12-15/h1,3-4,9,15,22H,2,5-8,10-12H2,(H,19,20)/t15-/m0/s1. The zero-order valence-electron chi connectivity index (χ0n) is 13.3. The van der Waals surface area contributed by atoms with Crippen molar-refractivity contribution in [3.63, 3.8) is 0 Å². The Kier molecular flexibility index (Phi) is 4.16. The zero-order valence-corrected chi connectivity index (χ0v) is 13.3. The lowest BCUT2D eigenvalue weighted by Gasteiger charge is -2.35. The van der Waals surface area contributed by atoms with Gasteiger partial charge in [0.15, 0.2) is 0 Å². The summed E-state index contributed by atoms with van der Waals surface area (Å²) < 4.78 is 5.63. The van der Waals surface area contributed by atoms with Gasteiger partial charge in [-0.3, -0.25) is 4.90 Å². The molecule has 4 rings (SSSR count). The summed E-state index contributed by atoms with van der Waals surface area (Å²) in [6, 6.07) is 8.47. The summed E-state index contributed by atoms with van der Waals surface area (Å²) in [5.41, 5.74) is 4.37. The van der Waals surface area contributed by atoms with E-state index in [-0.39, 0.29) is 6.61 Å². The quantitative estimate of drug-likeness (QED) is 0.911. The number of aliphatic hydroxyl groups is 1. The van der Waals surface area contributed by atoms with Crippen LogP contribution in [0, 0.1) is 0 Å². The minimum absolute atomic E-state index is 0.0592. The molecule has 1 saturated heterocycles. The normalized spacial score (nSPS) is 22.0. The van der Waals surface area contributed by atoms with Gasteiger partial charge >= 0.3 is 0 Å². The maximum absolute atomic E-state index is 9.30. The molecule has 0 saturated carbocycles. The Morgan fingerprint density at radius 2 is 2.35 bits per heavy atom. The number of nitrogens with one attached hydrogen (secondary N) is 1. The summed E-state index contributed by atoms with van der Waals surface area (Å²) in [5, 5.41) is 9.30. The molecular formula is C18H23N3O2. The molecule has 2 aliphatic rings. The van der Waals surface area contributed by atoms with E-state index >= 15 is 0 Å². The molecule has 5 nitrogen and oxygen atoms in total. The van der Waals surface area contributed by atoms with E-state index < -0.39 is 0 Å². The van der Waals surface area contributed by atoms with Crippen LogP contribution in [0.15, 0.2) is 24.3 Å². The summed E-state index contributed by atoms with van der Waals surface area (Å²) in [4.78, 5) is 10.8. The average Bonchev–Trinajstić information content (AvgIpc) is 3.06. The van der Waals surface area contributed by atoms with Crippen LogP contribution in [0.25, 0.3) is 11.4 Å². The van der Waals surface area contributed by atoms with Gasteiger partial charge < -0.3 is 14.8 Å². The summed E-state index contributed by atoms with van der Waals surface area (Å²) in [6.07, 6.45) is 3.38. The molecule has 0 bridgehead atoms. The first-order valence-electron chi connectivity index (χ1n) is 8.43. The largest absolute Gasteiger partial charge is 0.392 e. The predicted octanol–water partition coefficient (Wildman–Crippen LogP) is 2.11. The van der Waals surface area contributed by atoms with Crippen molar-refractivity contribution in [3.8, 4) is 11.4 Å². The van der Waals surface area contributed by atoms with E-state index in [4.69, 9.17) is 9.72 Å². The van der Waals surface area contributed by atoms with Crippen LogP contribution in [0.1, 0.15) is 29.8 Å². The fraction of sp³-hybridized carbons (Fsp3) is 0.500. The van der Waals surface area contributed by atoms with Crippen molar-refractivity contribution in [2.75, 3.05) is 19.8 Å². The zero-order chi connectivity index (χ0) is 15.6. The van der Waals surface area contributed by atoms with Crippen molar-refractivity contribution in [3.05, 3.63) is 41.2 Å². The highest BCUT2D eigenvalue weighted by Crippen LogP contribution is 2.26. The number of fused-ring (bicyclic) bond motifs is 1. The van der Waals surface area contributed by atoms with E-state index in [0.29, 0.717) is 6.04 Å². The molecule has 0 amide bonds. The molecule has 122 valence electrons. The number of benzene rings is 1. The van der Waals surface area contributed by atoms with Crippen LogP contribution in [0.2, 0.25) is 0 Å². The highest BCUT2D eigenvalue weighted by Gasteiger charge is 2.27. The second kappa shape index (κ2) is 6.43. The lowest BCUT2D eigenvalue weighted by Crippen LogP contribution is -2.43. The van der Waals surface area contributed by atoms with Crippen molar-refractivity contribution in [2.45, 2.75) is 38.5 Å². The second-order valence-corrected chi connectivity index (χ2v) is 6.46. The Hall–Kier alpha value is -1.69. The van der Waals surface area contributed by atoms with Gasteiger partial charge in [-0.2, -0.15) is 0 Å². The van der Waals surface area contributed by atoms with Crippen molar-refractivity contribution in [1.82, 2.24) is 14.9 Å². The first kappa shape index (κ1) is 14.9. The van der Waals surface area contributed by atoms with Gasteiger partial charge in [0.1, 0.15) is 5.82 Å². The fourth-order valence-electron chi connectivity index (χ4n) is 3.59. The molecule has 0 radical (unpaired) electrons. The minimum Gasteiger partial charge on any atom is -0.392 e. The van der Waals surface area contributed by atoms with Crippen LogP contribution in [-0.2, 0) is 24.3 Å². The van der Waals surface area contributed by atoms with Gasteiger partial charge in [-0.1, -0.05) is 18.2 Å². The molecule has 1 aromatic heterocycles. The van der Waals surface area contributed by atoms with Crippen LogP contribution in [0.3, 0.4) is 0 Å². The molecule has 0 spiro atoms. The van der Waals surface area contributed by atoms with Crippen LogP contribution < -0.4 is 0 Å². The van der Waals surface area contributed by atoms with Crippen LogP contribution in [0.5, 0.6) is 0 Å². The van der Waals surface area contributed by atoms with E-state index in [1.165, 1.54) is 17.8 Å². The molecule has 1 atom stereocenters. The number of rotatable bonds is 3. The third kappa shape index (κ3) is 3.04. The lowest BCUT2D eigenvalue weighted by atomic mass is 10.0. The maximum Gasteiger partial charge on any atom is 0.137 e. The van der Waals surface area contributed by atoms with Gasteiger partial charge in [-0.05, 0) is 24.5 Å². The Labute approximate surface area is 136 Å². The van der Waals surface area contributed by atoms with E-state index in [1.54, 1.807) is 0 Å². The van der Waals surface area contributed by atoms with Crippen LogP contribution in [-0.4, -0.2) is 45.8 Å². The SMILES string of the molecule is OCc1cccc(-c2nc3c([nH]2)CN([C@H]2CCCOC2)CC3)c1. The van der Waals surface area contributed by atoms with Crippen molar-refractivity contribution in [2.24, 2.45) is 0 Å². The maximum atomic E-state index is 9.30. The molecule has 3 heterocycles. The van der Waals surface area contributed by atoms with Gasteiger partial charge in [0.25, 0.3) is 0 Å². The van der Waals surface area contributed by atoms with E-state index in [9.17, 15) is 5.11 Å². The van der Waals surface area contributed by atoms with Crippen molar-refractivity contribution >= 4 is 0 Å². The monoisotopic (exact) mass is 313 g/mol. The highest BCUT2D eigenvalue weighted by atomic mass is 16.5. The molecule has 2 aliphatic heterocycles. The lowest BCUT2D eigenvalue weighted by molar-refractivity contribution is 0.0119. The fourth-order valence-corrected chi connectivity index (χ4v) is 3.59. The smallest absolute Gasteiger partial charge is 0.137 e. The van der Waals surface area contributed by atoms with Crippen molar-refractivity contribution in [1.29, 1.82) is 0 Å². The molecule has 0 unspecified atom stereocenters. The highest BCUT2D eigenvalue weighted by molar-refractivity contribution is 5.57. The number of hydrogen-bond acceptors (Lipinski definition) is 4. The topological polar surface area (TPSA) is 61.4 Å². The third-order valence-electron chi connectivity index (χ3n) is 4.90. The number of H-pyrrole nitrogens is 1. The number of hydrogen-bond donors (Lipinski definition) is 2. The average molecular weight is 313 g/mol. The Bertz CT molecular complexity index is 677. The first-order valence-corrected chi connectivity index (χ1v) is 8.43. The van der Waals surface area contributed by atoms with Crippen LogP contribution in [0.4, 0.5) is 0 Å². The molecule has 5 heteroatoms. The minimum atomic E-state index is 0.0592. The van der Waals surface area contributed by atoms with Gasteiger partial charge in [-0.15, -0.1) is 0 Å². The molecule has 0 aliphatic carbocycles. The van der Waals surface area contributed by atoms with Gasteiger partial charge in [0.2, 0.25) is 0 Å². The number of nitrogens with zero attached hydrogens (tertiary/aromatic N) is 2. The molecule has 2 N–H and O–H groups in total. The number of aliphatic hydroxyl groups excluding tert-OH is 1. The summed E-state index contributed by atoms with van der Waals surface area (Å²) in [6.45, 7) is 3.81. The van der Waals surface area contributed by atoms with Crippen molar-refractivity contribution < 1.29 is 9.84 Å². The number of aromatic amines is 1. The molecule has 1 fully saturated rings. The number of imidazole rings is 1. The first-order chi connectivity index (χ1) is 11.3. The van der Waals surface area contributed by atoms with Gasteiger partial charge in [0.05, 0.1) is 24.6 Å². The molecule has 23 heavy (non-hydrogen) atoms. The van der Waals surface area contributed by atoms with E-state index in [0.717, 1.165) is 56.1 Å². The Balaban J connectivity index is 1.54. The Morgan fingerprint density at radius 1 is 1.39 bits per heavy atom. The van der Waals surface area contributed by atoms with E-state index in [2.05, 4.69) is 9.88 Å². The van der Waals surface area contributed by atoms with Crippen LogP contribution >= 0.6 is 0 Å². The van der Waals surface area contributed by atoms with Gasteiger partial charge in [-0.25, -0.2) is 4.98 Å². The second-order valence-electron chi connectivity index (χ2n) is 6.46. The molecular weight excluding hydrogens is 290 g/mol.